The Balaban J connectivity index is 1.36. The molecule has 0 amide bonds. The van der Waals surface area contributed by atoms with E-state index in [1.807, 2.05) is 31.1 Å². The zero-order valence-corrected chi connectivity index (χ0v) is 18.1. The quantitative estimate of drug-likeness (QED) is 0.714. The first-order valence-electron chi connectivity index (χ1n) is 10.6. The van der Waals surface area contributed by atoms with E-state index in [1.54, 1.807) is 12.1 Å². The molecule has 5 heteroatoms. The molecule has 2 aromatic rings. The Morgan fingerprint density at radius 3 is 2.52 bits per heavy atom. The van der Waals surface area contributed by atoms with E-state index in [-0.39, 0.29) is 5.82 Å². The molecule has 0 saturated carbocycles. The van der Waals surface area contributed by atoms with Crippen molar-refractivity contribution in [3.63, 3.8) is 0 Å². The van der Waals surface area contributed by atoms with Crippen LogP contribution in [0.25, 0.3) is 0 Å². The van der Waals surface area contributed by atoms with Crippen LogP contribution in [0.3, 0.4) is 0 Å². The molecule has 0 radical (unpaired) electrons. The summed E-state index contributed by atoms with van der Waals surface area (Å²) in [5.41, 5.74) is 5.34. The third-order valence-corrected chi connectivity index (χ3v) is 6.88. The van der Waals surface area contributed by atoms with Crippen LogP contribution in [0.4, 0.5) is 10.1 Å². The standard InChI is InChI=1S/C24H30FN3S/c1-27(2)24(29)26-22-10-7-19-3-4-20(23(19)15-22)16-28-13-11-18(12-14-28)17-5-8-21(25)9-6-17/h5-10,15,18,20H,3-4,11-14,16H2,1-2H3,(H,26,29). The molecule has 1 N–H and O–H groups in total. The maximum atomic E-state index is 13.2. The molecule has 1 aliphatic heterocycles. The Labute approximate surface area is 178 Å². The number of thiocarbonyl (C=S) groups is 1. The van der Waals surface area contributed by atoms with Gasteiger partial charge in [0.2, 0.25) is 0 Å². The number of hydrogen-bond acceptors (Lipinski definition) is 2. The zero-order valence-electron chi connectivity index (χ0n) is 17.3. The fraction of sp³-hybridized carbons (Fsp3) is 0.458. The van der Waals surface area contributed by atoms with Gasteiger partial charge in [-0.3, -0.25) is 0 Å². The third kappa shape index (κ3) is 4.78. The molecule has 2 aliphatic rings. The molecule has 1 atom stereocenters. The van der Waals surface area contributed by atoms with E-state index in [0.29, 0.717) is 11.8 Å². The van der Waals surface area contributed by atoms with Crippen molar-refractivity contribution in [3.8, 4) is 0 Å². The van der Waals surface area contributed by atoms with E-state index < -0.39 is 0 Å². The lowest BCUT2D eigenvalue weighted by molar-refractivity contribution is 0.200. The fourth-order valence-electron chi connectivity index (χ4n) is 4.69. The average molecular weight is 412 g/mol. The van der Waals surface area contributed by atoms with Crippen LogP contribution < -0.4 is 5.32 Å². The highest BCUT2D eigenvalue weighted by Gasteiger charge is 2.27. The average Bonchev–Trinajstić information content (AvgIpc) is 3.11. The van der Waals surface area contributed by atoms with Crippen molar-refractivity contribution in [2.75, 3.05) is 39.0 Å². The Bertz CT molecular complexity index is 857. The minimum Gasteiger partial charge on any atom is -0.355 e. The minimum atomic E-state index is -0.147. The molecular weight excluding hydrogens is 381 g/mol. The van der Waals surface area contributed by atoms with Gasteiger partial charge < -0.3 is 15.1 Å². The highest BCUT2D eigenvalue weighted by atomic mass is 32.1. The van der Waals surface area contributed by atoms with Crippen molar-refractivity contribution >= 4 is 23.0 Å². The zero-order chi connectivity index (χ0) is 20.4. The number of anilines is 1. The van der Waals surface area contributed by atoms with E-state index in [4.69, 9.17) is 12.2 Å². The van der Waals surface area contributed by atoms with Gasteiger partial charge in [-0.25, -0.2) is 4.39 Å². The van der Waals surface area contributed by atoms with Gasteiger partial charge in [0, 0.05) is 26.3 Å². The van der Waals surface area contributed by atoms with Gasteiger partial charge >= 0.3 is 0 Å². The molecule has 0 aromatic heterocycles. The molecule has 1 aliphatic carbocycles. The summed E-state index contributed by atoms with van der Waals surface area (Å²) in [6, 6.07) is 13.8. The number of halogens is 1. The second-order valence-electron chi connectivity index (χ2n) is 8.60. The summed E-state index contributed by atoms with van der Waals surface area (Å²) in [5.74, 6) is 1.01. The Morgan fingerprint density at radius 2 is 1.83 bits per heavy atom. The summed E-state index contributed by atoms with van der Waals surface area (Å²) in [7, 11) is 3.92. The summed E-state index contributed by atoms with van der Waals surface area (Å²) in [6.07, 6.45) is 4.72. The van der Waals surface area contributed by atoms with Crippen molar-refractivity contribution in [1.82, 2.24) is 9.80 Å². The van der Waals surface area contributed by atoms with Crippen molar-refractivity contribution < 1.29 is 4.39 Å². The summed E-state index contributed by atoms with van der Waals surface area (Å²) < 4.78 is 13.2. The number of fused-ring (bicyclic) bond motifs is 1. The van der Waals surface area contributed by atoms with Crippen LogP contribution in [0.5, 0.6) is 0 Å². The predicted molar refractivity (Wildman–Crippen MR) is 122 cm³/mol. The lowest BCUT2D eigenvalue weighted by Gasteiger charge is -2.34. The first kappa shape index (κ1) is 20.3. The van der Waals surface area contributed by atoms with E-state index in [1.165, 1.54) is 29.5 Å². The van der Waals surface area contributed by atoms with Crippen LogP contribution in [0.2, 0.25) is 0 Å². The summed E-state index contributed by atoms with van der Waals surface area (Å²) in [5, 5.41) is 4.08. The van der Waals surface area contributed by atoms with E-state index in [9.17, 15) is 4.39 Å². The lowest BCUT2D eigenvalue weighted by atomic mass is 9.89. The van der Waals surface area contributed by atoms with Crippen LogP contribution in [-0.2, 0) is 6.42 Å². The van der Waals surface area contributed by atoms with Gasteiger partial charge in [-0.15, -0.1) is 0 Å². The maximum Gasteiger partial charge on any atom is 0.172 e. The smallest absolute Gasteiger partial charge is 0.172 e. The molecule has 4 rings (SSSR count). The maximum absolute atomic E-state index is 13.2. The van der Waals surface area contributed by atoms with Gasteiger partial charge in [0.05, 0.1) is 0 Å². The van der Waals surface area contributed by atoms with E-state index in [2.05, 4.69) is 28.4 Å². The highest BCUT2D eigenvalue weighted by Crippen LogP contribution is 2.37. The largest absolute Gasteiger partial charge is 0.355 e. The molecule has 0 bridgehead atoms. The number of piperidine rings is 1. The molecule has 29 heavy (non-hydrogen) atoms. The summed E-state index contributed by atoms with van der Waals surface area (Å²) in [6.45, 7) is 3.37. The van der Waals surface area contributed by atoms with Crippen LogP contribution in [0.15, 0.2) is 42.5 Å². The van der Waals surface area contributed by atoms with Gasteiger partial charge in [0.25, 0.3) is 0 Å². The number of rotatable bonds is 4. The van der Waals surface area contributed by atoms with Crippen molar-refractivity contribution in [2.24, 2.45) is 0 Å². The molecule has 1 heterocycles. The van der Waals surface area contributed by atoms with Crippen LogP contribution in [0, 0.1) is 5.82 Å². The highest BCUT2D eigenvalue weighted by molar-refractivity contribution is 7.80. The lowest BCUT2D eigenvalue weighted by Crippen LogP contribution is -2.35. The van der Waals surface area contributed by atoms with Crippen molar-refractivity contribution in [1.29, 1.82) is 0 Å². The van der Waals surface area contributed by atoms with Gasteiger partial charge in [-0.2, -0.15) is 0 Å². The van der Waals surface area contributed by atoms with E-state index >= 15 is 0 Å². The minimum absolute atomic E-state index is 0.147. The first-order chi connectivity index (χ1) is 14.0. The Hall–Kier alpha value is -1.98. The molecule has 0 spiro atoms. The monoisotopic (exact) mass is 411 g/mol. The van der Waals surface area contributed by atoms with Gasteiger partial charge in [-0.05, 0) is 104 Å². The molecule has 3 nitrogen and oxygen atoms in total. The van der Waals surface area contributed by atoms with Crippen molar-refractivity contribution in [2.45, 2.75) is 37.5 Å². The number of hydrogen-bond donors (Lipinski definition) is 1. The van der Waals surface area contributed by atoms with E-state index in [0.717, 1.165) is 43.3 Å². The van der Waals surface area contributed by atoms with Crippen LogP contribution in [-0.4, -0.2) is 48.6 Å². The number of likely N-dealkylation sites (tertiary alicyclic amines) is 1. The molecule has 154 valence electrons. The fourth-order valence-corrected chi connectivity index (χ4v) is 4.80. The second kappa shape index (κ2) is 8.80. The third-order valence-electron chi connectivity index (χ3n) is 6.41. The molecule has 1 fully saturated rings. The molecule has 1 saturated heterocycles. The first-order valence-corrected chi connectivity index (χ1v) is 11.0. The number of benzene rings is 2. The van der Waals surface area contributed by atoms with Crippen molar-refractivity contribution in [3.05, 3.63) is 65.0 Å². The summed E-state index contributed by atoms with van der Waals surface area (Å²) >= 11 is 5.39. The molecular formula is C24H30FN3S. The normalized spacial score (nSPS) is 19.8. The van der Waals surface area contributed by atoms with Gasteiger partial charge in [0.15, 0.2) is 5.11 Å². The second-order valence-corrected chi connectivity index (χ2v) is 8.99. The Kier molecular flexibility index (Phi) is 6.16. The van der Waals surface area contributed by atoms with Gasteiger partial charge in [-0.1, -0.05) is 18.2 Å². The molecule has 1 unspecified atom stereocenters. The molecule has 2 aromatic carbocycles. The Morgan fingerprint density at radius 1 is 1.10 bits per heavy atom. The topological polar surface area (TPSA) is 18.5 Å². The number of aryl methyl sites for hydroxylation is 1. The number of nitrogens with zero attached hydrogens (tertiary/aromatic N) is 2. The van der Waals surface area contributed by atoms with Crippen LogP contribution in [0.1, 0.15) is 47.8 Å². The van der Waals surface area contributed by atoms with Gasteiger partial charge in [0.1, 0.15) is 5.82 Å². The SMILES string of the molecule is CN(C)C(=S)Nc1ccc2c(c1)C(CN1CCC(c3ccc(F)cc3)CC1)CC2. The number of nitrogens with one attached hydrogen (secondary N) is 1. The summed E-state index contributed by atoms with van der Waals surface area (Å²) in [4.78, 5) is 4.54. The predicted octanol–water partition coefficient (Wildman–Crippen LogP) is 4.99. The van der Waals surface area contributed by atoms with Crippen LogP contribution >= 0.6 is 12.2 Å².